The van der Waals surface area contributed by atoms with Gasteiger partial charge in [0.1, 0.15) is 12.1 Å². The molecule has 11 nitrogen and oxygen atoms in total. The molecule has 7 N–H and O–H groups in total. The molecule has 26 heavy (non-hydrogen) atoms. The fourth-order valence-electron chi connectivity index (χ4n) is 1.64. The van der Waals surface area contributed by atoms with E-state index in [9.17, 15) is 24.0 Å². The number of thioether (sulfide) groups is 1. The largest absolute Gasteiger partial charge is 0.481 e. The van der Waals surface area contributed by atoms with Crippen LogP contribution in [0, 0.1) is 0 Å². The summed E-state index contributed by atoms with van der Waals surface area (Å²) < 4.78 is 0. The lowest BCUT2D eigenvalue weighted by molar-refractivity contribution is -0.143. The number of aliphatic carboxylic acids is 3. The molecule has 12 heteroatoms. The van der Waals surface area contributed by atoms with Gasteiger partial charge in [0.2, 0.25) is 11.8 Å². The summed E-state index contributed by atoms with van der Waals surface area (Å²) in [5.41, 5.74) is 5.33. The predicted molar refractivity (Wildman–Crippen MR) is 91.6 cm³/mol. The van der Waals surface area contributed by atoms with Crippen LogP contribution in [0.1, 0.15) is 26.2 Å². The van der Waals surface area contributed by atoms with E-state index in [0.29, 0.717) is 0 Å². The summed E-state index contributed by atoms with van der Waals surface area (Å²) in [7, 11) is 0. The quantitative estimate of drug-likeness (QED) is 0.199. The minimum absolute atomic E-state index is 0.0296. The molecule has 0 bridgehead atoms. The van der Waals surface area contributed by atoms with E-state index in [2.05, 4.69) is 10.6 Å². The van der Waals surface area contributed by atoms with Gasteiger partial charge in [0.15, 0.2) is 0 Å². The Hall–Kier alpha value is -2.34. The zero-order chi connectivity index (χ0) is 20.3. The Labute approximate surface area is 153 Å². The minimum Gasteiger partial charge on any atom is -0.481 e. The molecule has 0 spiro atoms. The second-order valence-electron chi connectivity index (χ2n) is 5.40. The fraction of sp³-hybridized carbons (Fsp3) is 0.643. The van der Waals surface area contributed by atoms with Crippen LogP contribution < -0.4 is 16.4 Å². The normalized spacial score (nSPS) is 13.9. The number of carboxylic acids is 3. The van der Waals surface area contributed by atoms with E-state index in [0.717, 1.165) is 11.8 Å². The molecule has 2 amide bonds. The number of nitrogens with two attached hydrogens (primary N) is 1. The van der Waals surface area contributed by atoms with E-state index in [1.807, 2.05) is 0 Å². The third-order valence-electron chi connectivity index (χ3n) is 3.07. The highest BCUT2D eigenvalue weighted by molar-refractivity contribution is 7.99. The summed E-state index contributed by atoms with van der Waals surface area (Å²) in [5.74, 6) is -4.86. The molecule has 0 rings (SSSR count). The lowest BCUT2D eigenvalue weighted by Crippen LogP contribution is -2.48. The van der Waals surface area contributed by atoms with E-state index in [1.54, 1.807) is 0 Å². The molecule has 0 heterocycles. The average Bonchev–Trinajstić information content (AvgIpc) is 2.52. The van der Waals surface area contributed by atoms with E-state index in [4.69, 9.17) is 21.1 Å². The Balaban J connectivity index is 4.47. The molecule has 0 fully saturated rings. The smallest absolute Gasteiger partial charge is 0.327 e. The van der Waals surface area contributed by atoms with Crippen molar-refractivity contribution in [2.24, 2.45) is 5.73 Å². The first-order chi connectivity index (χ1) is 12.0. The van der Waals surface area contributed by atoms with Crippen LogP contribution in [0.3, 0.4) is 0 Å². The van der Waals surface area contributed by atoms with Crippen molar-refractivity contribution in [2.75, 3.05) is 11.5 Å². The molecule has 0 aliphatic carbocycles. The monoisotopic (exact) mass is 393 g/mol. The molecule has 0 saturated carbocycles. The third-order valence-corrected chi connectivity index (χ3v) is 4.13. The van der Waals surface area contributed by atoms with Crippen LogP contribution in [0.5, 0.6) is 0 Å². The Kier molecular flexibility index (Phi) is 11.0. The Bertz CT molecular complexity index is 540. The second kappa shape index (κ2) is 12.1. The lowest BCUT2D eigenvalue weighted by Gasteiger charge is -2.17. The van der Waals surface area contributed by atoms with Gasteiger partial charge in [-0.15, -0.1) is 0 Å². The van der Waals surface area contributed by atoms with Crippen LogP contribution in [-0.2, 0) is 24.0 Å². The van der Waals surface area contributed by atoms with Crippen molar-refractivity contribution >= 4 is 41.5 Å². The molecule has 148 valence electrons. The Morgan fingerprint density at radius 2 is 1.54 bits per heavy atom. The van der Waals surface area contributed by atoms with Crippen molar-refractivity contribution in [3.63, 3.8) is 0 Å². The fourth-order valence-corrected chi connectivity index (χ4v) is 2.59. The molecule has 0 unspecified atom stereocenters. The summed E-state index contributed by atoms with van der Waals surface area (Å²) in [6.07, 6.45) is -0.692. The van der Waals surface area contributed by atoms with Crippen LogP contribution in [0.25, 0.3) is 0 Å². The summed E-state index contributed by atoms with van der Waals surface area (Å²) in [6, 6.07) is -3.47. The molecule has 0 saturated heterocycles. The molecule has 0 aliphatic rings. The van der Waals surface area contributed by atoms with E-state index >= 15 is 0 Å². The number of amides is 2. The molecule has 0 aliphatic heterocycles. The Morgan fingerprint density at radius 3 is 2.00 bits per heavy atom. The average molecular weight is 393 g/mol. The second-order valence-corrected chi connectivity index (χ2v) is 6.55. The zero-order valence-corrected chi connectivity index (χ0v) is 15.0. The van der Waals surface area contributed by atoms with Gasteiger partial charge >= 0.3 is 17.9 Å². The topological polar surface area (TPSA) is 196 Å². The van der Waals surface area contributed by atoms with E-state index in [1.165, 1.54) is 6.92 Å². The first kappa shape index (κ1) is 23.7. The third kappa shape index (κ3) is 10.5. The molecule has 0 radical (unpaired) electrons. The van der Waals surface area contributed by atoms with Crippen LogP contribution in [0.15, 0.2) is 0 Å². The van der Waals surface area contributed by atoms with Crippen LogP contribution >= 0.6 is 11.8 Å². The van der Waals surface area contributed by atoms with Gasteiger partial charge in [0.05, 0.1) is 12.5 Å². The van der Waals surface area contributed by atoms with E-state index in [-0.39, 0.29) is 30.8 Å². The van der Waals surface area contributed by atoms with Gasteiger partial charge in [-0.1, -0.05) is 0 Å². The van der Waals surface area contributed by atoms with Gasteiger partial charge in [-0.25, -0.2) is 9.59 Å². The molecule has 0 aromatic rings. The molecule has 0 aromatic carbocycles. The maximum atomic E-state index is 11.8. The lowest BCUT2D eigenvalue weighted by atomic mass is 10.1. The molecule has 0 aromatic heterocycles. The number of carboxylic acid groups (broad SMARTS) is 3. The highest BCUT2D eigenvalue weighted by Crippen LogP contribution is 2.07. The molecule has 3 atom stereocenters. The highest BCUT2D eigenvalue weighted by Gasteiger charge is 2.24. The number of hydrogen-bond acceptors (Lipinski definition) is 7. The van der Waals surface area contributed by atoms with Gasteiger partial charge in [-0.3, -0.25) is 14.4 Å². The van der Waals surface area contributed by atoms with Crippen LogP contribution in [-0.4, -0.2) is 74.7 Å². The standard InChI is InChI=1S/C14H23N3O8S/c1-7(15)12(21)17-8(13(22)23)2-3-10(18)16-9(14(24)25)6-26-5-4-11(19)20/h7-9H,2-6,15H2,1H3,(H,16,18)(H,17,21)(H,19,20)(H,22,23)(H,24,25)/t7-,8+,9+/m0/s1. The van der Waals surface area contributed by atoms with Gasteiger partial charge in [-0.2, -0.15) is 11.8 Å². The zero-order valence-electron chi connectivity index (χ0n) is 14.1. The van der Waals surface area contributed by atoms with Gasteiger partial charge in [0, 0.05) is 17.9 Å². The van der Waals surface area contributed by atoms with Crippen molar-refractivity contribution in [1.29, 1.82) is 0 Å². The predicted octanol–water partition coefficient (Wildman–Crippen LogP) is -1.54. The summed E-state index contributed by atoms with van der Waals surface area (Å²) in [6.45, 7) is 1.38. The number of carbonyl (C=O) groups excluding carboxylic acids is 2. The van der Waals surface area contributed by atoms with E-state index < -0.39 is 47.8 Å². The van der Waals surface area contributed by atoms with Crippen LogP contribution in [0.4, 0.5) is 0 Å². The summed E-state index contributed by atoms with van der Waals surface area (Å²) in [4.78, 5) is 55.9. The Morgan fingerprint density at radius 1 is 0.962 bits per heavy atom. The highest BCUT2D eigenvalue weighted by atomic mass is 32.2. The first-order valence-corrected chi connectivity index (χ1v) is 8.80. The molecular weight excluding hydrogens is 370 g/mol. The summed E-state index contributed by atoms with van der Waals surface area (Å²) in [5, 5.41) is 31.0. The van der Waals surface area contributed by atoms with Gasteiger partial charge in [0.25, 0.3) is 0 Å². The summed E-state index contributed by atoms with van der Waals surface area (Å²) >= 11 is 1.06. The van der Waals surface area contributed by atoms with Crippen molar-refractivity contribution < 1.29 is 39.3 Å². The van der Waals surface area contributed by atoms with Crippen LogP contribution in [0.2, 0.25) is 0 Å². The minimum atomic E-state index is -1.34. The van der Waals surface area contributed by atoms with Gasteiger partial charge in [-0.05, 0) is 13.3 Å². The molecular formula is C14H23N3O8S. The SMILES string of the molecule is C[C@H](N)C(=O)N[C@H](CCC(=O)N[C@H](CSCCC(=O)O)C(=O)O)C(=O)O. The first-order valence-electron chi connectivity index (χ1n) is 7.65. The van der Waals surface area contributed by atoms with Crippen molar-refractivity contribution in [3.05, 3.63) is 0 Å². The number of hydrogen-bond donors (Lipinski definition) is 6. The number of carbonyl (C=O) groups is 5. The van der Waals surface area contributed by atoms with Crippen molar-refractivity contribution in [1.82, 2.24) is 10.6 Å². The van der Waals surface area contributed by atoms with Gasteiger partial charge < -0.3 is 31.7 Å². The van der Waals surface area contributed by atoms with Crippen molar-refractivity contribution in [3.8, 4) is 0 Å². The number of rotatable bonds is 13. The maximum absolute atomic E-state index is 11.8. The number of nitrogens with one attached hydrogen (secondary N) is 2. The van der Waals surface area contributed by atoms with Crippen molar-refractivity contribution in [2.45, 2.75) is 44.3 Å². The maximum Gasteiger partial charge on any atom is 0.327 e.